The van der Waals surface area contributed by atoms with Crippen LogP contribution in [0.15, 0.2) is 152 Å². The van der Waals surface area contributed by atoms with Crippen molar-refractivity contribution in [3.05, 3.63) is 180 Å². The molecule has 4 unspecified atom stereocenters. The fourth-order valence-corrected chi connectivity index (χ4v) is 21.4. The molecule has 10 aromatic rings. The minimum atomic E-state index is -3.15. The smallest absolute Gasteiger partial charge is 0.219 e. The van der Waals surface area contributed by atoms with Crippen LogP contribution in [0.4, 0.5) is 0 Å². The standard InChI is InChI=1S/C18H25N3O.C17H25N3O2S.C17H23N3O.2C16H23N3O2S/c1-14(22)21-10-8-18(9-11-21,13-20(2)3)16-12-19-17-7-5-4-6-15(16)17;1-19(2)13-17(8-10-20(11-9-17)23(3,21)22)15-12-18-16-7-5-4-6-14(15)16;1-12(21)20-8-7-13(9-14(20)10-18-2)16-11-19-17-6-4-3-5-15(16)17;1-17-12-16(7-9-19(10-8-16)22(2,20)21)14-11-18-15-6-4-3-5-13(14)15;1-17-10-13-9-12(7-8-19(13)22(2,20)21)15-11-18-16-6-4-3-5-14(15)16/h4-7,12,19H,8-11,13H2,1-3H3;4-7,12,18H,8-11,13H2,1-3H3;3-6,11,13-14,18-19H,7-10H2,1-2H3;3-6,11,17-18H,7-10,12H2,1-2H3;3-6,11-13,17-18H,7-10H2,1-2H3. The van der Waals surface area contributed by atoms with Gasteiger partial charge in [-0.3, -0.25) is 9.59 Å². The predicted octanol–water partition coefficient (Wildman–Crippen LogP) is 10.7. The third-order valence-corrected chi connectivity index (χ3v) is 27.8. The van der Waals surface area contributed by atoms with Crippen LogP contribution in [0.1, 0.15) is 118 Å². The van der Waals surface area contributed by atoms with Crippen molar-refractivity contribution in [2.75, 3.05) is 153 Å². The normalized spacial score (nSPS) is 20.7. The Morgan fingerprint density at radius 3 is 1.12 bits per heavy atom. The van der Waals surface area contributed by atoms with Crippen molar-refractivity contribution in [1.82, 2.24) is 73.4 Å². The van der Waals surface area contributed by atoms with Gasteiger partial charge in [0.25, 0.3) is 0 Å². The van der Waals surface area contributed by atoms with E-state index in [1.54, 1.807) is 26.8 Å². The minimum absolute atomic E-state index is 0.00963. The van der Waals surface area contributed by atoms with E-state index in [0.29, 0.717) is 57.1 Å². The number of piperidine rings is 5. The lowest BCUT2D eigenvalue weighted by molar-refractivity contribution is -0.132. The van der Waals surface area contributed by atoms with E-state index in [1.165, 1.54) is 84.5 Å². The van der Waals surface area contributed by atoms with Gasteiger partial charge in [0.05, 0.1) is 18.8 Å². The number of fused-ring (bicyclic) bond motifs is 5. The van der Waals surface area contributed by atoms with E-state index in [4.69, 9.17) is 0 Å². The van der Waals surface area contributed by atoms with E-state index < -0.39 is 30.1 Å². The maximum Gasteiger partial charge on any atom is 0.219 e. The molecule has 5 fully saturated rings. The van der Waals surface area contributed by atoms with Crippen LogP contribution < -0.4 is 16.0 Å². The molecule has 23 nitrogen and oxygen atoms in total. The number of nitrogens with one attached hydrogen (secondary N) is 8. The molecule has 0 saturated carbocycles. The molecular formula is C84H119N15O8S3. The van der Waals surface area contributed by atoms with Crippen molar-refractivity contribution in [1.29, 1.82) is 0 Å². The van der Waals surface area contributed by atoms with Gasteiger partial charge in [-0.25, -0.2) is 33.9 Å². The maximum absolute atomic E-state index is 12.0. The molecule has 2 amide bonds. The highest BCUT2D eigenvalue weighted by Gasteiger charge is 2.43. The number of nitrogens with zero attached hydrogens (tertiary/aromatic N) is 7. The fraction of sp³-hybridized carbons (Fsp3) is 0.500. The second kappa shape index (κ2) is 36.0. The molecular weight excluding hydrogens is 1440 g/mol. The summed E-state index contributed by atoms with van der Waals surface area (Å²) in [4.78, 5) is 48.7. The second-order valence-electron chi connectivity index (χ2n) is 32.0. The molecule has 8 N–H and O–H groups in total. The molecule has 4 atom stereocenters. The van der Waals surface area contributed by atoms with Gasteiger partial charge in [0.15, 0.2) is 0 Å². The van der Waals surface area contributed by atoms with Crippen molar-refractivity contribution in [2.24, 2.45) is 0 Å². The van der Waals surface area contributed by atoms with Crippen molar-refractivity contribution in [2.45, 2.75) is 118 Å². The molecule has 0 aliphatic carbocycles. The summed E-state index contributed by atoms with van der Waals surface area (Å²) < 4.78 is 76.0. The maximum atomic E-state index is 12.0. The molecule has 5 aliphatic heterocycles. The average Bonchev–Trinajstić information content (AvgIpc) is 1.73. The Morgan fingerprint density at radius 1 is 0.418 bits per heavy atom. The number of aromatic nitrogens is 5. The third kappa shape index (κ3) is 19.3. The molecule has 10 heterocycles. The van der Waals surface area contributed by atoms with E-state index in [9.17, 15) is 34.8 Å². The molecule has 5 aromatic heterocycles. The van der Waals surface area contributed by atoms with Crippen LogP contribution in [-0.2, 0) is 55.9 Å². The summed E-state index contributed by atoms with van der Waals surface area (Å²) in [5.41, 5.74) is 12.6. The highest BCUT2D eigenvalue weighted by molar-refractivity contribution is 7.88. The number of hydrogen-bond donors (Lipinski definition) is 8. The Bertz CT molecular complexity index is 5060. The van der Waals surface area contributed by atoms with E-state index in [2.05, 4.69) is 213 Å². The molecule has 26 heteroatoms. The lowest BCUT2D eigenvalue weighted by Crippen LogP contribution is -2.49. The lowest BCUT2D eigenvalue weighted by Gasteiger charge is -2.43. The number of likely N-dealkylation sites (N-methyl/N-ethyl adjacent to an activating group) is 5. The number of benzene rings is 5. The summed E-state index contributed by atoms with van der Waals surface area (Å²) in [5.74, 6) is 1.30. The van der Waals surface area contributed by atoms with Gasteiger partial charge in [0.1, 0.15) is 0 Å². The van der Waals surface area contributed by atoms with E-state index >= 15 is 0 Å². The molecule has 0 spiro atoms. The zero-order valence-corrected chi connectivity index (χ0v) is 69.1. The molecule has 110 heavy (non-hydrogen) atoms. The molecule has 0 radical (unpaired) electrons. The summed E-state index contributed by atoms with van der Waals surface area (Å²) in [6.07, 6.45) is 23.7. The van der Waals surface area contributed by atoms with Crippen LogP contribution in [0.25, 0.3) is 54.5 Å². The predicted molar refractivity (Wildman–Crippen MR) is 449 cm³/mol. The zero-order valence-electron chi connectivity index (χ0n) is 66.6. The second-order valence-corrected chi connectivity index (χ2v) is 37.9. The first-order valence-corrected chi connectivity index (χ1v) is 44.5. The topological polar surface area (TPSA) is 274 Å². The number of aromatic amines is 5. The summed E-state index contributed by atoms with van der Waals surface area (Å²) in [7, 11) is 4.86. The van der Waals surface area contributed by atoms with Gasteiger partial charge in [-0.05, 0) is 184 Å². The Hall–Kier alpha value is -7.73. The monoisotopic (exact) mass is 1560 g/mol. The first-order chi connectivity index (χ1) is 52.5. The highest BCUT2D eigenvalue weighted by atomic mass is 32.2. The Morgan fingerprint density at radius 2 is 0.755 bits per heavy atom. The third-order valence-electron chi connectivity index (χ3n) is 23.9. The summed E-state index contributed by atoms with van der Waals surface area (Å²) in [5, 5.41) is 16.0. The van der Waals surface area contributed by atoms with Gasteiger partial charge in [-0.15, -0.1) is 0 Å². The number of rotatable bonds is 18. The molecule has 0 bridgehead atoms. The van der Waals surface area contributed by atoms with Crippen LogP contribution in [0.3, 0.4) is 0 Å². The number of H-pyrrole nitrogens is 5. The van der Waals surface area contributed by atoms with Crippen molar-refractivity contribution in [3.63, 3.8) is 0 Å². The summed E-state index contributed by atoms with van der Waals surface area (Å²) in [6.45, 7) is 13.2. The average molecular weight is 1560 g/mol. The van der Waals surface area contributed by atoms with Crippen LogP contribution in [0, 0.1) is 0 Å². The van der Waals surface area contributed by atoms with Crippen LogP contribution in [0.2, 0.25) is 0 Å². The molecule has 596 valence electrons. The van der Waals surface area contributed by atoms with E-state index in [1.807, 2.05) is 49.1 Å². The molecule has 5 saturated heterocycles. The molecule has 5 aliphatic rings. The number of hydrogen-bond acceptors (Lipinski definition) is 13. The summed E-state index contributed by atoms with van der Waals surface area (Å²) >= 11 is 0. The molecule has 15 rings (SSSR count). The van der Waals surface area contributed by atoms with Crippen LogP contribution in [0.5, 0.6) is 0 Å². The molecule has 5 aromatic carbocycles. The number of likely N-dealkylation sites (tertiary alicyclic amines) is 2. The highest BCUT2D eigenvalue weighted by Crippen LogP contribution is 2.44. The van der Waals surface area contributed by atoms with Gasteiger partial charge >= 0.3 is 0 Å². The minimum Gasteiger partial charge on any atom is -0.361 e. The first kappa shape index (κ1) is 83.2. The first-order valence-electron chi connectivity index (χ1n) is 39.0. The zero-order chi connectivity index (χ0) is 78.8. The van der Waals surface area contributed by atoms with Gasteiger partial charge in [-0.1, -0.05) is 91.0 Å². The van der Waals surface area contributed by atoms with E-state index in [-0.39, 0.29) is 34.1 Å². The number of carbonyl (C=O) groups excluding carboxylic acids is 2. The van der Waals surface area contributed by atoms with Crippen molar-refractivity contribution >= 4 is 96.4 Å². The number of carbonyl (C=O) groups is 2. The van der Waals surface area contributed by atoms with Crippen LogP contribution >= 0.6 is 0 Å². The van der Waals surface area contributed by atoms with Gasteiger partial charge in [-0.2, -0.15) is 4.31 Å². The summed E-state index contributed by atoms with van der Waals surface area (Å²) in [6, 6.07) is 42.2. The van der Waals surface area contributed by atoms with Gasteiger partial charge < -0.3 is 60.5 Å². The number of sulfonamides is 3. The van der Waals surface area contributed by atoms with Gasteiger partial charge in [0.2, 0.25) is 41.9 Å². The number of amides is 2. The fourth-order valence-electron chi connectivity index (χ4n) is 18.6. The Labute approximate surface area is 652 Å². The van der Waals surface area contributed by atoms with E-state index in [0.717, 1.165) is 127 Å². The van der Waals surface area contributed by atoms with Gasteiger partial charge in [0, 0.05) is 213 Å². The lowest BCUT2D eigenvalue weighted by atomic mass is 9.72. The van der Waals surface area contributed by atoms with Crippen molar-refractivity contribution in [3.8, 4) is 0 Å². The quantitative estimate of drug-likeness (QED) is 0.0397. The Kier molecular flexibility index (Phi) is 27.2. The number of para-hydroxylation sites is 5. The van der Waals surface area contributed by atoms with Crippen LogP contribution in [-0.4, -0.2) is 260 Å². The van der Waals surface area contributed by atoms with Crippen molar-refractivity contribution < 1.29 is 34.8 Å². The SMILES string of the molecule is CC(=O)N1CCC(CN(C)C)(c2c[nH]c3ccccc23)CC1.CN(C)CC1(c2c[nH]c3ccccc23)CCN(S(C)(=O)=O)CC1.CNCC1(c2c[nH]c3ccccc23)CCN(S(C)(=O)=O)CC1.CNCC1CC(c2c[nH]c3ccccc23)CCN1C(C)=O.CNCC1CC(c2c[nH]c3ccccc23)CCN1S(C)(=O)=O. The Balaban J connectivity index is 0.000000136. The largest absolute Gasteiger partial charge is 0.361 e.